The zero-order valence-electron chi connectivity index (χ0n) is 9.44. The molecule has 0 aliphatic carbocycles. The number of hydrogen-bond donors (Lipinski definition) is 1. The Morgan fingerprint density at radius 3 is 2.94 bits per heavy atom. The van der Waals surface area contributed by atoms with E-state index in [0.717, 1.165) is 25.9 Å². The Morgan fingerprint density at radius 2 is 2.31 bits per heavy atom. The minimum absolute atomic E-state index is 0.0427. The number of amides is 1. The molecule has 4 nitrogen and oxygen atoms in total. The highest BCUT2D eigenvalue weighted by molar-refractivity contribution is 5.93. The van der Waals surface area contributed by atoms with Crippen molar-refractivity contribution in [2.75, 3.05) is 20.1 Å². The predicted octanol–water partition coefficient (Wildman–Crippen LogP) is 0.706. The Kier molecular flexibility index (Phi) is 3.51. The van der Waals surface area contributed by atoms with Crippen LogP contribution in [0.1, 0.15) is 23.2 Å². The highest BCUT2D eigenvalue weighted by Crippen LogP contribution is 2.09. The Hall–Kier alpha value is -1.42. The number of nitrogens with zero attached hydrogens (tertiary/aromatic N) is 2. The fourth-order valence-electron chi connectivity index (χ4n) is 1.87. The van der Waals surface area contributed by atoms with Gasteiger partial charge in [-0.15, -0.1) is 0 Å². The van der Waals surface area contributed by atoms with E-state index in [0.29, 0.717) is 11.6 Å². The Morgan fingerprint density at radius 1 is 1.56 bits per heavy atom. The molecule has 1 radical (unpaired) electrons. The van der Waals surface area contributed by atoms with E-state index in [9.17, 15) is 4.79 Å². The summed E-state index contributed by atoms with van der Waals surface area (Å²) >= 11 is 0. The summed E-state index contributed by atoms with van der Waals surface area (Å²) in [6, 6.07) is 4.77. The smallest absolute Gasteiger partial charge is 0.253 e. The summed E-state index contributed by atoms with van der Waals surface area (Å²) in [5.74, 6) is -0.0427. The highest BCUT2D eigenvalue weighted by Gasteiger charge is 2.18. The van der Waals surface area contributed by atoms with Crippen LogP contribution in [-0.2, 0) is 0 Å². The van der Waals surface area contributed by atoms with Crippen LogP contribution in [0.2, 0.25) is 0 Å². The number of aromatic nitrogens is 1. The van der Waals surface area contributed by atoms with Crippen LogP contribution < -0.4 is 5.32 Å². The first-order chi connectivity index (χ1) is 7.75. The quantitative estimate of drug-likeness (QED) is 0.795. The summed E-state index contributed by atoms with van der Waals surface area (Å²) in [5, 5.41) is 3.03. The summed E-state index contributed by atoms with van der Waals surface area (Å²) < 4.78 is 0. The molecule has 1 amide bonds. The highest BCUT2D eigenvalue weighted by atomic mass is 16.1. The molecule has 1 saturated heterocycles. The molecule has 1 fully saturated rings. The molecule has 1 aromatic rings. The molecule has 2 heterocycles. The lowest BCUT2D eigenvalue weighted by molar-refractivity contribution is 0.0916. The second kappa shape index (κ2) is 5.07. The number of piperidine rings is 1. The van der Waals surface area contributed by atoms with Gasteiger partial charge in [0.1, 0.15) is 0 Å². The van der Waals surface area contributed by atoms with Crippen LogP contribution in [0.4, 0.5) is 0 Å². The average Bonchev–Trinajstić information content (AvgIpc) is 2.33. The van der Waals surface area contributed by atoms with Crippen LogP contribution in [0.25, 0.3) is 0 Å². The third-order valence-corrected chi connectivity index (χ3v) is 2.92. The molecule has 85 valence electrons. The molecule has 0 unspecified atom stereocenters. The van der Waals surface area contributed by atoms with Crippen molar-refractivity contribution in [3.8, 4) is 0 Å². The number of pyridine rings is 1. The molecule has 0 atom stereocenters. The Labute approximate surface area is 95.7 Å². The second-order valence-corrected chi connectivity index (χ2v) is 4.22. The lowest BCUT2D eigenvalue weighted by Gasteiger charge is -2.29. The normalized spacial score (nSPS) is 18.3. The maximum absolute atomic E-state index is 11.8. The summed E-state index contributed by atoms with van der Waals surface area (Å²) in [6.45, 7) is 2.09. The van der Waals surface area contributed by atoms with Crippen LogP contribution in [0.3, 0.4) is 0 Å². The number of rotatable bonds is 2. The number of carbonyl (C=O) groups excluding carboxylic acids is 1. The average molecular weight is 218 g/mol. The molecule has 1 N–H and O–H groups in total. The summed E-state index contributed by atoms with van der Waals surface area (Å²) in [7, 11) is 2.11. The van der Waals surface area contributed by atoms with Crippen LogP contribution >= 0.6 is 0 Å². The van der Waals surface area contributed by atoms with Crippen LogP contribution in [0.15, 0.2) is 18.5 Å². The van der Waals surface area contributed by atoms with E-state index in [1.165, 1.54) is 0 Å². The van der Waals surface area contributed by atoms with E-state index in [2.05, 4.69) is 28.3 Å². The van der Waals surface area contributed by atoms with Crippen LogP contribution in [0.5, 0.6) is 0 Å². The van der Waals surface area contributed by atoms with Gasteiger partial charge in [0.25, 0.3) is 5.91 Å². The summed E-state index contributed by atoms with van der Waals surface area (Å²) in [5.41, 5.74) is 0.585. The first-order valence-electron chi connectivity index (χ1n) is 5.56. The maximum atomic E-state index is 11.8. The van der Waals surface area contributed by atoms with Gasteiger partial charge in [-0.1, -0.05) is 0 Å². The number of carbonyl (C=O) groups is 1. The largest absolute Gasteiger partial charge is 0.349 e. The van der Waals surface area contributed by atoms with Crippen molar-refractivity contribution >= 4 is 5.91 Å². The molecule has 0 saturated carbocycles. The molecule has 1 aromatic heterocycles. The Balaban J connectivity index is 1.88. The van der Waals surface area contributed by atoms with Gasteiger partial charge in [-0.25, -0.2) is 0 Å². The zero-order chi connectivity index (χ0) is 11.4. The first kappa shape index (κ1) is 11.1. The van der Waals surface area contributed by atoms with E-state index in [-0.39, 0.29) is 5.91 Å². The van der Waals surface area contributed by atoms with E-state index >= 15 is 0 Å². The zero-order valence-corrected chi connectivity index (χ0v) is 9.44. The topological polar surface area (TPSA) is 45.2 Å². The fourth-order valence-corrected chi connectivity index (χ4v) is 1.87. The van der Waals surface area contributed by atoms with Crippen molar-refractivity contribution in [1.82, 2.24) is 15.2 Å². The van der Waals surface area contributed by atoms with Gasteiger partial charge in [0.05, 0.1) is 5.56 Å². The number of nitrogens with one attached hydrogen (secondary N) is 1. The van der Waals surface area contributed by atoms with Crippen LogP contribution in [0, 0.1) is 6.07 Å². The second-order valence-electron chi connectivity index (χ2n) is 4.22. The molecule has 4 heteroatoms. The molecular formula is C12H16N3O. The third-order valence-electron chi connectivity index (χ3n) is 2.92. The van der Waals surface area contributed by atoms with E-state index in [1.807, 2.05) is 0 Å². The number of likely N-dealkylation sites (tertiary alicyclic amines) is 1. The molecule has 0 spiro atoms. The standard InChI is InChI=1S/C12H16N3O/c1-15-7-4-11(5-8-15)14-12(16)10-3-2-6-13-9-10/h3,6,9,11H,4-5,7-8H2,1H3,(H,14,16). The fraction of sp³-hybridized carbons (Fsp3) is 0.500. The van der Waals surface area contributed by atoms with Gasteiger partial charge in [0.15, 0.2) is 0 Å². The molecular weight excluding hydrogens is 202 g/mol. The van der Waals surface area contributed by atoms with Gasteiger partial charge >= 0.3 is 0 Å². The minimum Gasteiger partial charge on any atom is -0.349 e. The lowest BCUT2D eigenvalue weighted by Crippen LogP contribution is -2.43. The predicted molar refractivity (Wildman–Crippen MR) is 61.1 cm³/mol. The van der Waals surface area contributed by atoms with Crippen molar-refractivity contribution in [1.29, 1.82) is 0 Å². The van der Waals surface area contributed by atoms with Gasteiger partial charge in [0, 0.05) is 24.5 Å². The lowest BCUT2D eigenvalue weighted by atomic mass is 10.1. The molecule has 1 aliphatic rings. The van der Waals surface area contributed by atoms with Gasteiger partial charge in [-0.3, -0.25) is 9.78 Å². The van der Waals surface area contributed by atoms with E-state index in [1.54, 1.807) is 18.5 Å². The monoisotopic (exact) mass is 218 g/mol. The minimum atomic E-state index is -0.0427. The maximum Gasteiger partial charge on any atom is 0.253 e. The summed E-state index contributed by atoms with van der Waals surface area (Å²) in [4.78, 5) is 18.0. The third kappa shape index (κ3) is 2.79. The van der Waals surface area contributed by atoms with Crippen molar-refractivity contribution < 1.29 is 4.79 Å². The van der Waals surface area contributed by atoms with Gasteiger partial charge in [-0.05, 0) is 39.0 Å². The Bertz CT molecular complexity index is 345. The van der Waals surface area contributed by atoms with Crippen molar-refractivity contribution in [3.05, 3.63) is 30.1 Å². The van der Waals surface area contributed by atoms with Crippen LogP contribution in [-0.4, -0.2) is 42.0 Å². The molecule has 16 heavy (non-hydrogen) atoms. The number of hydrogen-bond acceptors (Lipinski definition) is 3. The van der Waals surface area contributed by atoms with Gasteiger partial charge < -0.3 is 10.2 Å². The first-order valence-corrected chi connectivity index (χ1v) is 5.56. The molecule has 2 rings (SSSR count). The summed E-state index contributed by atoms with van der Waals surface area (Å²) in [6.07, 6.45) is 5.16. The van der Waals surface area contributed by atoms with Gasteiger partial charge in [-0.2, -0.15) is 0 Å². The van der Waals surface area contributed by atoms with E-state index in [4.69, 9.17) is 0 Å². The molecule has 0 aromatic carbocycles. The SMILES string of the molecule is CN1CCC(NC(=O)c2c[c]cnc2)CC1. The van der Waals surface area contributed by atoms with Crippen molar-refractivity contribution in [2.24, 2.45) is 0 Å². The molecule has 0 bridgehead atoms. The van der Waals surface area contributed by atoms with Gasteiger partial charge in [0.2, 0.25) is 0 Å². The van der Waals surface area contributed by atoms with Crippen molar-refractivity contribution in [3.63, 3.8) is 0 Å². The van der Waals surface area contributed by atoms with E-state index < -0.39 is 0 Å². The molecule has 1 aliphatic heterocycles. The van der Waals surface area contributed by atoms with Crippen molar-refractivity contribution in [2.45, 2.75) is 18.9 Å².